The lowest BCUT2D eigenvalue weighted by Gasteiger charge is -2.09. The Morgan fingerprint density at radius 1 is 1.39 bits per heavy atom. The maximum absolute atomic E-state index is 12.9. The second-order valence-electron chi connectivity index (χ2n) is 3.75. The number of nitrogens with one attached hydrogen (secondary N) is 1. The predicted octanol–water partition coefficient (Wildman–Crippen LogP) is 3.45. The molecule has 0 saturated heterocycles. The Kier molecular flexibility index (Phi) is 6.68. The van der Waals surface area contributed by atoms with E-state index in [0.29, 0.717) is 0 Å². The van der Waals surface area contributed by atoms with Gasteiger partial charge in [-0.05, 0) is 36.6 Å². The minimum absolute atomic E-state index is 0.218. The summed E-state index contributed by atoms with van der Waals surface area (Å²) < 4.78 is 12.9. The van der Waals surface area contributed by atoms with E-state index in [2.05, 4.69) is 16.4 Å². The molecule has 0 unspecified atom stereocenters. The maximum Gasteiger partial charge on any atom is 0.123 e. The second kappa shape index (κ2) is 8.06. The molecule has 2 nitrogen and oxygen atoms in total. The largest absolute Gasteiger partial charge is 0.311 e. The van der Waals surface area contributed by atoms with Crippen LogP contribution in [0.5, 0.6) is 0 Å². The van der Waals surface area contributed by atoms with Gasteiger partial charge in [0.15, 0.2) is 0 Å². The van der Waals surface area contributed by atoms with E-state index >= 15 is 0 Å². The third-order valence-electron chi connectivity index (χ3n) is 2.51. The van der Waals surface area contributed by atoms with Crippen LogP contribution in [0, 0.1) is 5.82 Å². The van der Waals surface area contributed by atoms with E-state index in [1.807, 2.05) is 14.0 Å². The first-order valence-electron chi connectivity index (χ1n) is 5.85. The number of aliphatic imine (C=N–C) groups is 1. The Hall–Kier alpha value is -1.13. The summed E-state index contributed by atoms with van der Waals surface area (Å²) in [7, 11) is 3.70. The average molecular weight is 266 g/mol. The normalized spacial score (nSPS) is 12.9. The summed E-state index contributed by atoms with van der Waals surface area (Å²) in [4.78, 5) is 5.56. The number of allylic oxidation sites excluding steroid dienone is 2. The number of nitrogens with zero attached hydrogens (tertiary/aromatic N) is 1. The fourth-order valence-corrected chi connectivity index (χ4v) is 2.25. The third kappa shape index (κ3) is 4.63. The molecule has 0 aliphatic rings. The fraction of sp³-hybridized carbons (Fsp3) is 0.357. The van der Waals surface area contributed by atoms with E-state index in [-0.39, 0.29) is 5.82 Å². The van der Waals surface area contributed by atoms with Gasteiger partial charge in [0, 0.05) is 25.1 Å². The minimum atomic E-state index is -0.218. The molecule has 0 aromatic heterocycles. The Labute approximate surface area is 112 Å². The molecule has 0 heterocycles. The van der Waals surface area contributed by atoms with Crippen molar-refractivity contribution in [3.8, 4) is 0 Å². The second-order valence-corrected chi connectivity index (χ2v) is 4.85. The lowest BCUT2D eigenvalue weighted by Crippen LogP contribution is -2.06. The van der Waals surface area contributed by atoms with E-state index in [4.69, 9.17) is 0 Å². The van der Waals surface area contributed by atoms with Crippen molar-refractivity contribution in [1.82, 2.24) is 5.32 Å². The highest BCUT2D eigenvalue weighted by atomic mass is 32.2. The summed E-state index contributed by atoms with van der Waals surface area (Å²) in [5.74, 6) is 0.658. The van der Waals surface area contributed by atoms with E-state index in [1.165, 1.54) is 17.0 Å². The molecular weight excluding hydrogens is 247 g/mol. The number of benzene rings is 1. The van der Waals surface area contributed by atoms with Crippen LogP contribution in [0.1, 0.15) is 18.9 Å². The minimum Gasteiger partial charge on any atom is -0.311 e. The summed E-state index contributed by atoms with van der Waals surface area (Å²) in [6.07, 6.45) is 2.88. The first kappa shape index (κ1) is 14.9. The fourth-order valence-electron chi connectivity index (χ4n) is 1.52. The molecule has 0 radical (unpaired) electrons. The SMILES string of the molecule is C/C=C(/CC(=NC)c1ccc(F)cc1)SCNC. The summed E-state index contributed by atoms with van der Waals surface area (Å²) >= 11 is 1.76. The van der Waals surface area contributed by atoms with Crippen molar-refractivity contribution in [2.24, 2.45) is 4.99 Å². The molecule has 1 aromatic carbocycles. The lowest BCUT2D eigenvalue weighted by atomic mass is 10.1. The zero-order chi connectivity index (χ0) is 13.4. The van der Waals surface area contributed by atoms with Crippen molar-refractivity contribution < 1.29 is 4.39 Å². The number of hydrogen-bond acceptors (Lipinski definition) is 3. The molecule has 18 heavy (non-hydrogen) atoms. The van der Waals surface area contributed by atoms with E-state index in [9.17, 15) is 4.39 Å². The predicted molar refractivity (Wildman–Crippen MR) is 78.8 cm³/mol. The van der Waals surface area contributed by atoms with Crippen molar-refractivity contribution in [2.45, 2.75) is 13.3 Å². The molecule has 1 N–H and O–H groups in total. The van der Waals surface area contributed by atoms with Crippen LogP contribution in [0.2, 0.25) is 0 Å². The standard InChI is InChI=1S/C14H19FN2S/c1-4-13(18-10-16-2)9-14(17-3)11-5-7-12(15)8-6-11/h4-8,16H,9-10H2,1-3H3/b13-4-,17-14?. The van der Waals surface area contributed by atoms with Crippen LogP contribution >= 0.6 is 11.8 Å². The molecule has 0 spiro atoms. The van der Waals surface area contributed by atoms with Crippen molar-refractivity contribution >= 4 is 17.5 Å². The van der Waals surface area contributed by atoms with Crippen LogP contribution in [0.4, 0.5) is 4.39 Å². The zero-order valence-corrected chi connectivity index (χ0v) is 11.9. The van der Waals surface area contributed by atoms with Crippen molar-refractivity contribution in [1.29, 1.82) is 0 Å². The Bertz CT molecular complexity index is 424. The molecule has 98 valence electrons. The molecular formula is C14H19FN2S. The van der Waals surface area contributed by atoms with Crippen LogP contribution < -0.4 is 5.32 Å². The van der Waals surface area contributed by atoms with Crippen molar-refractivity contribution in [3.05, 3.63) is 46.6 Å². The molecule has 0 atom stereocenters. The van der Waals surface area contributed by atoms with Crippen molar-refractivity contribution in [2.75, 3.05) is 20.0 Å². The topological polar surface area (TPSA) is 24.4 Å². The first-order chi connectivity index (χ1) is 8.71. The molecule has 0 bridgehead atoms. The van der Waals surface area contributed by atoms with Gasteiger partial charge in [0.05, 0.1) is 0 Å². The van der Waals surface area contributed by atoms with Crippen LogP contribution in [-0.2, 0) is 0 Å². The third-order valence-corrected chi connectivity index (χ3v) is 3.70. The highest BCUT2D eigenvalue weighted by molar-refractivity contribution is 8.03. The van der Waals surface area contributed by atoms with Gasteiger partial charge in [0.2, 0.25) is 0 Å². The monoisotopic (exact) mass is 266 g/mol. The van der Waals surface area contributed by atoms with Gasteiger partial charge >= 0.3 is 0 Å². The number of halogens is 1. The lowest BCUT2D eigenvalue weighted by molar-refractivity contribution is 0.628. The molecule has 0 amide bonds. The van der Waals surface area contributed by atoms with Gasteiger partial charge in [-0.25, -0.2) is 4.39 Å². The van der Waals surface area contributed by atoms with Gasteiger partial charge in [-0.2, -0.15) is 0 Å². The van der Waals surface area contributed by atoms with Crippen LogP contribution in [0.15, 0.2) is 40.2 Å². The van der Waals surface area contributed by atoms with E-state index < -0.39 is 0 Å². The highest BCUT2D eigenvalue weighted by Gasteiger charge is 2.06. The molecule has 0 aliphatic heterocycles. The summed E-state index contributed by atoms with van der Waals surface area (Å²) in [6, 6.07) is 6.48. The highest BCUT2D eigenvalue weighted by Crippen LogP contribution is 2.21. The zero-order valence-electron chi connectivity index (χ0n) is 11.0. The molecule has 0 aliphatic carbocycles. The Morgan fingerprint density at radius 2 is 2.06 bits per heavy atom. The quantitative estimate of drug-likeness (QED) is 0.630. The van der Waals surface area contributed by atoms with Crippen LogP contribution in [-0.4, -0.2) is 25.7 Å². The Balaban J connectivity index is 2.76. The van der Waals surface area contributed by atoms with Gasteiger partial charge in [0.1, 0.15) is 5.82 Å². The molecule has 0 fully saturated rings. The first-order valence-corrected chi connectivity index (χ1v) is 6.84. The number of rotatable bonds is 6. The summed E-state index contributed by atoms with van der Waals surface area (Å²) in [5, 5.41) is 3.10. The molecule has 0 saturated carbocycles. The average Bonchev–Trinajstić information content (AvgIpc) is 2.40. The molecule has 4 heteroatoms. The van der Waals surface area contributed by atoms with Gasteiger partial charge < -0.3 is 5.32 Å². The van der Waals surface area contributed by atoms with Crippen molar-refractivity contribution in [3.63, 3.8) is 0 Å². The maximum atomic E-state index is 12.9. The van der Waals surface area contributed by atoms with Gasteiger partial charge in [0.25, 0.3) is 0 Å². The van der Waals surface area contributed by atoms with Gasteiger partial charge in [-0.3, -0.25) is 4.99 Å². The van der Waals surface area contributed by atoms with Gasteiger partial charge in [-0.1, -0.05) is 18.2 Å². The smallest absolute Gasteiger partial charge is 0.123 e. The number of hydrogen-bond donors (Lipinski definition) is 1. The number of thioether (sulfide) groups is 1. The Morgan fingerprint density at radius 3 is 2.56 bits per heavy atom. The summed E-state index contributed by atoms with van der Waals surface area (Å²) in [5.41, 5.74) is 1.95. The molecule has 1 aromatic rings. The van der Waals surface area contributed by atoms with Crippen LogP contribution in [0.25, 0.3) is 0 Å². The van der Waals surface area contributed by atoms with E-state index in [0.717, 1.165) is 23.6 Å². The molecule has 1 rings (SSSR count). The van der Waals surface area contributed by atoms with Gasteiger partial charge in [-0.15, -0.1) is 11.8 Å². The van der Waals surface area contributed by atoms with E-state index in [1.54, 1.807) is 30.9 Å². The van der Waals surface area contributed by atoms with Crippen LogP contribution in [0.3, 0.4) is 0 Å². The summed E-state index contributed by atoms with van der Waals surface area (Å²) in [6.45, 7) is 2.02.